The summed E-state index contributed by atoms with van der Waals surface area (Å²) >= 11 is 0. The number of benzene rings is 1. The first kappa shape index (κ1) is 21.7. The van der Waals surface area contributed by atoms with Gasteiger partial charge in [-0.05, 0) is 70.1 Å². The number of carbonyl (C=O) groups excluding carboxylic acids is 1. The monoisotopic (exact) mass is 417 g/mol. The zero-order valence-electron chi connectivity index (χ0n) is 17.8. The Morgan fingerprint density at radius 3 is 2.17 bits per heavy atom. The lowest BCUT2D eigenvalue weighted by Gasteiger charge is -2.19. The molecule has 3 rings (SSSR count). The summed E-state index contributed by atoms with van der Waals surface area (Å²) < 4.78 is 28.9. The number of ketones is 1. The number of carbonyl (C=O) groups is 1. The second kappa shape index (κ2) is 8.81. The summed E-state index contributed by atoms with van der Waals surface area (Å²) in [6, 6.07) is 8.85. The lowest BCUT2D eigenvalue weighted by Crippen LogP contribution is -2.30. The lowest BCUT2D eigenvalue weighted by atomic mass is 10.1. The van der Waals surface area contributed by atoms with E-state index in [0.29, 0.717) is 19.6 Å². The van der Waals surface area contributed by atoms with Crippen molar-refractivity contribution in [3.8, 4) is 5.69 Å². The van der Waals surface area contributed by atoms with Crippen LogP contribution in [-0.4, -0.2) is 60.7 Å². The Morgan fingerprint density at radius 1 is 1.03 bits per heavy atom. The molecule has 0 unspecified atom stereocenters. The van der Waals surface area contributed by atoms with Gasteiger partial charge in [-0.25, -0.2) is 8.42 Å². The lowest BCUT2D eigenvalue weighted by molar-refractivity contribution is 0.0944. The maximum Gasteiger partial charge on any atom is 0.243 e. The van der Waals surface area contributed by atoms with Gasteiger partial charge in [-0.3, -0.25) is 9.69 Å². The van der Waals surface area contributed by atoms with Crippen molar-refractivity contribution >= 4 is 15.8 Å². The summed E-state index contributed by atoms with van der Waals surface area (Å²) in [6.45, 7) is 10.9. The fourth-order valence-electron chi connectivity index (χ4n) is 4.15. The Bertz CT molecular complexity index is 967. The van der Waals surface area contributed by atoms with Gasteiger partial charge >= 0.3 is 0 Å². The summed E-state index contributed by atoms with van der Waals surface area (Å²) in [5.74, 6) is 0.145. The Morgan fingerprint density at radius 2 is 1.62 bits per heavy atom. The third kappa shape index (κ3) is 4.32. The molecule has 6 nitrogen and oxygen atoms in total. The van der Waals surface area contributed by atoms with Crippen molar-refractivity contribution in [1.82, 2.24) is 13.8 Å². The molecule has 29 heavy (non-hydrogen) atoms. The Hall–Kier alpha value is -1.96. The summed E-state index contributed by atoms with van der Waals surface area (Å²) in [7, 11) is -3.48. The minimum absolute atomic E-state index is 0.145. The van der Waals surface area contributed by atoms with E-state index < -0.39 is 10.0 Å². The number of nitrogens with zero attached hydrogens (tertiary/aromatic N) is 3. The first-order chi connectivity index (χ1) is 13.8. The van der Waals surface area contributed by atoms with Crippen LogP contribution in [0.15, 0.2) is 35.2 Å². The maximum atomic E-state index is 12.8. The number of hydrogen-bond donors (Lipinski definition) is 0. The highest BCUT2D eigenvalue weighted by Gasteiger charge is 2.23. The van der Waals surface area contributed by atoms with Crippen molar-refractivity contribution in [3.05, 3.63) is 47.3 Å². The third-order valence-electron chi connectivity index (χ3n) is 5.74. The minimum Gasteiger partial charge on any atom is -0.318 e. The molecule has 0 aliphatic carbocycles. The summed E-state index contributed by atoms with van der Waals surface area (Å²) in [5, 5.41) is 0. The van der Waals surface area contributed by atoms with E-state index in [9.17, 15) is 13.2 Å². The molecule has 2 aromatic rings. The van der Waals surface area contributed by atoms with Gasteiger partial charge in [-0.2, -0.15) is 4.31 Å². The first-order valence-corrected chi connectivity index (χ1v) is 11.8. The molecular formula is C22H31N3O3S. The molecule has 0 bridgehead atoms. The number of rotatable bonds is 8. The largest absolute Gasteiger partial charge is 0.318 e. The number of sulfonamides is 1. The topological polar surface area (TPSA) is 62.6 Å². The molecule has 1 aliphatic heterocycles. The first-order valence-electron chi connectivity index (χ1n) is 10.3. The van der Waals surface area contributed by atoms with E-state index in [1.165, 1.54) is 4.31 Å². The van der Waals surface area contributed by atoms with Crippen LogP contribution in [0.1, 0.15) is 48.4 Å². The maximum absolute atomic E-state index is 12.8. The van der Waals surface area contributed by atoms with E-state index in [2.05, 4.69) is 4.90 Å². The minimum atomic E-state index is -3.48. The van der Waals surface area contributed by atoms with Crippen LogP contribution in [0, 0.1) is 13.8 Å². The molecule has 0 amide bonds. The highest BCUT2D eigenvalue weighted by molar-refractivity contribution is 7.89. The fraction of sp³-hybridized carbons (Fsp3) is 0.500. The van der Waals surface area contributed by atoms with Gasteiger partial charge in [0.1, 0.15) is 0 Å². The fourth-order valence-corrected chi connectivity index (χ4v) is 5.61. The molecule has 0 spiro atoms. The Balaban J connectivity index is 1.87. The van der Waals surface area contributed by atoms with Crippen LogP contribution in [0.5, 0.6) is 0 Å². The number of aromatic nitrogens is 1. The van der Waals surface area contributed by atoms with Crippen molar-refractivity contribution in [2.24, 2.45) is 0 Å². The molecule has 7 heteroatoms. The van der Waals surface area contributed by atoms with Gasteiger partial charge in [0.25, 0.3) is 0 Å². The number of Topliss-reactive ketones (excluding diaryl/α,β-unsaturated/α-hetero) is 1. The molecule has 1 saturated heterocycles. The van der Waals surface area contributed by atoms with Crippen LogP contribution in [-0.2, 0) is 10.0 Å². The highest BCUT2D eigenvalue weighted by atomic mass is 32.2. The van der Waals surface area contributed by atoms with Crippen LogP contribution in [0.3, 0.4) is 0 Å². The van der Waals surface area contributed by atoms with E-state index in [1.54, 1.807) is 12.1 Å². The summed E-state index contributed by atoms with van der Waals surface area (Å²) in [4.78, 5) is 15.3. The smallest absolute Gasteiger partial charge is 0.243 e. The second-order valence-electron chi connectivity index (χ2n) is 7.61. The number of aryl methyl sites for hydroxylation is 1. The van der Waals surface area contributed by atoms with E-state index in [-0.39, 0.29) is 10.7 Å². The molecule has 0 atom stereocenters. The van der Waals surface area contributed by atoms with E-state index in [0.717, 1.165) is 48.6 Å². The van der Waals surface area contributed by atoms with Gasteiger partial charge in [0.2, 0.25) is 10.0 Å². The number of hydrogen-bond acceptors (Lipinski definition) is 4. The van der Waals surface area contributed by atoms with E-state index in [4.69, 9.17) is 0 Å². The molecule has 1 aromatic heterocycles. The highest BCUT2D eigenvalue weighted by Crippen LogP contribution is 2.24. The predicted molar refractivity (Wildman–Crippen MR) is 115 cm³/mol. The molecule has 1 aromatic carbocycles. The van der Waals surface area contributed by atoms with Gasteiger partial charge < -0.3 is 4.57 Å². The predicted octanol–water partition coefficient (Wildman–Crippen LogP) is 3.40. The summed E-state index contributed by atoms with van der Waals surface area (Å²) in [5.41, 5.74) is 3.46. The average Bonchev–Trinajstić information content (AvgIpc) is 3.30. The van der Waals surface area contributed by atoms with Crippen molar-refractivity contribution in [2.75, 3.05) is 32.7 Å². The second-order valence-corrected chi connectivity index (χ2v) is 9.55. The zero-order valence-corrected chi connectivity index (χ0v) is 18.6. The van der Waals surface area contributed by atoms with Crippen molar-refractivity contribution < 1.29 is 13.2 Å². The molecule has 2 heterocycles. The van der Waals surface area contributed by atoms with Crippen LogP contribution in [0.4, 0.5) is 0 Å². The molecule has 158 valence electrons. The zero-order chi connectivity index (χ0) is 21.2. The van der Waals surface area contributed by atoms with Crippen LogP contribution >= 0.6 is 0 Å². The molecule has 1 fully saturated rings. The SMILES string of the molecule is CCN(CC)S(=O)(=O)c1ccc(-n2c(C)cc(C(=O)CN3CCCC3)c2C)cc1. The molecule has 1 aliphatic rings. The van der Waals surface area contributed by atoms with Crippen LogP contribution in [0.2, 0.25) is 0 Å². The van der Waals surface area contributed by atoms with Crippen LogP contribution < -0.4 is 0 Å². The van der Waals surface area contributed by atoms with Gasteiger partial charge in [-0.1, -0.05) is 13.8 Å². The van der Waals surface area contributed by atoms with Crippen LogP contribution in [0.25, 0.3) is 5.69 Å². The third-order valence-corrected chi connectivity index (χ3v) is 7.80. The summed E-state index contributed by atoms with van der Waals surface area (Å²) in [6.07, 6.45) is 2.32. The number of likely N-dealkylation sites (tertiary alicyclic amines) is 1. The Kier molecular flexibility index (Phi) is 6.61. The normalized spacial score (nSPS) is 15.3. The van der Waals surface area contributed by atoms with Gasteiger partial charge in [-0.15, -0.1) is 0 Å². The molecular weight excluding hydrogens is 386 g/mol. The molecule has 0 radical (unpaired) electrons. The average molecular weight is 418 g/mol. The Labute approximate surface area is 174 Å². The quantitative estimate of drug-likeness (QED) is 0.618. The standard InChI is InChI=1S/C22H31N3O3S/c1-5-24(6-2)29(27,28)20-11-9-19(10-12-20)25-17(3)15-21(18(25)4)22(26)16-23-13-7-8-14-23/h9-12,15H,5-8,13-14,16H2,1-4H3. The van der Waals surface area contributed by atoms with E-state index >= 15 is 0 Å². The van der Waals surface area contributed by atoms with Crippen molar-refractivity contribution in [1.29, 1.82) is 0 Å². The molecule has 0 saturated carbocycles. The molecule has 0 N–H and O–H groups in total. The van der Waals surface area contributed by atoms with E-state index in [1.807, 2.05) is 50.5 Å². The van der Waals surface area contributed by atoms with Crippen molar-refractivity contribution in [3.63, 3.8) is 0 Å². The van der Waals surface area contributed by atoms with Gasteiger partial charge in [0, 0.05) is 35.7 Å². The van der Waals surface area contributed by atoms with Gasteiger partial charge in [0.05, 0.1) is 11.4 Å². The van der Waals surface area contributed by atoms with Gasteiger partial charge in [0.15, 0.2) is 5.78 Å². The van der Waals surface area contributed by atoms with Crippen molar-refractivity contribution in [2.45, 2.75) is 45.4 Å².